The Labute approximate surface area is 233 Å². The lowest BCUT2D eigenvalue weighted by molar-refractivity contribution is 0.190. The molecule has 2 nitrogen and oxygen atoms in total. The Morgan fingerprint density at radius 3 is 2.18 bits per heavy atom. The molecule has 0 unspecified atom stereocenters. The van der Waals surface area contributed by atoms with Crippen molar-refractivity contribution in [3.05, 3.63) is 83.5 Å². The van der Waals surface area contributed by atoms with E-state index in [2.05, 4.69) is 54.7 Å². The van der Waals surface area contributed by atoms with Crippen LogP contribution in [0.5, 0.6) is 0 Å². The van der Waals surface area contributed by atoms with Gasteiger partial charge in [-0.15, -0.1) is 13.2 Å². The highest BCUT2D eigenvalue weighted by atomic mass is 19.1. The van der Waals surface area contributed by atoms with Gasteiger partial charge in [-0.3, -0.25) is 4.98 Å². The van der Waals surface area contributed by atoms with Crippen molar-refractivity contribution in [2.75, 3.05) is 0 Å². The molecule has 0 spiro atoms. The summed E-state index contributed by atoms with van der Waals surface area (Å²) in [6.45, 7) is 26.0. The highest BCUT2D eigenvalue weighted by Crippen LogP contribution is 2.36. The van der Waals surface area contributed by atoms with Gasteiger partial charge >= 0.3 is 0 Å². The van der Waals surface area contributed by atoms with Gasteiger partial charge < -0.3 is 5.11 Å². The number of aliphatic hydroxyl groups is 1. The quantitative estimate of drug-likeness (QED) is 0.222. The third kappa shape index (κ3) is 12.3. The summed E-state index contributed by atoms with van der Waals surface area (Å²) in [5.41, 5.74) is 7.63. The number of hydrogen-bond donors (Lipinski definition) is 1. The maximum atomic E-state index is 13.8. The lowest BCUT2D eigenvalue weighted by atomic mass is 9.87. The van der Waals surface area contributed by atoms with Gasteiger partial charge in [-0.2, -0.15) is 0 Å². The number of hydrogen-bond acceptors (Lipinski definition) is 2. The van der Waals surface area contributed by atoms with Crippen molar-refractivity contribution in [1.29, 1.82) is 0 Å². The normalized spacial score (nSPS) is 12.3. The molecule has 38 heavy (non-hydrogen) atoms. The van der Waals surface area contributed by atoms with Crippen LogP contribution in [0, 0.1) is 18.7 Å². The van der Waals surface area contributed by atoms with Gasteiger partial charge in [0.05, 0.1) is 11.8 Å². The third-order valence-corrected chi connectivity index (χ3v) is 6.36. The number of allylic oxidation sites excluding steroid dienone is 2. The van der Waals surface area contributed by atoms with Crippen molar-refractivity contribution >= 4 is 6.08 Å². The number of aliphatic hydroxyl groups excluding tert-OH is 1. The Morgan fingerprint density at radius 1 is 1.11 bits per heavy atom. The van der Waals surface area contributed by atoms with Gasteiger partial charge in [0.2, 0.25) is 0 Å². The van der Waals surface area contributed by atoms with Gasteiger partial charge in [0.15, 0.2) is 0 Å². The highest BCUT2D eigenvalue weighted by molar-refractivity contribution is 5.80. The zero-order valence-corrected chi connectivity index (χ0v) is 25.7. The summed E-state index contributed by atoms with van der Waals surface area (Å²) in [7, 11) is 0. The van der Waals surface area contributed by atoms with Crippen LogP contribution in [0.25, 0.3) is 17.2 Å². The molecule has 1 heterocycles. The van der Waals surface area contributed by atoms with Gasteiger partial charge in [-0.1, -0.05) is 83.9 Å². The third-order valence-electron chi connectivity index (χ3n) is 6.36. The molecule has 2 aromatic rings. The molecule has 3 heteroatoms. The number of benzene rings is 1. The van der Waals surface area contributed by atoms with E-state index in [-0.39, 0.29) is 11.7 Å². The molecule has 0 bridgehead atoms. The minimum Gasteiger partial charge on any atom is -0.389 e. The minimum atomic E-state index is -0.499. The van der Waals surface area contributed by atoms with Crippen LogP contribution in [0.1, 0.15) is 116 Å². The van der Waals surface area contributed by atoms with Crippen LogP contribution < -0.4 is 0 Å². The van der Waals surface area contributed by atoms with E-state index in [4.69, 9.17) is 4.98 Å². The van der Waals surface area contributed by atoms with E-state index < -0.39 is 6.10 Å². The Bertz CT molecular complexity index is 988. The van der Waals surface area contributed by atoms with E-state index in [9.17, 15) is 9.50 Å². The first-order chi connectivity index (χ1) is 18.0. The molecule has 1 N–H and O–H groups in total. The van der Waals surface area contributed by atoms with Crippen molar-refractivity contribution in [2.45, 2.75) is 113 Å². The molecule has 1 aromatic heterocycles. The van der Waals surface area contributed by atoms with E-state index in [0.717, 1.165) is 66.6 Å². The van der Waals surface area contributed by atoms with Crippen LogP contribution in [-0.2, 0) is 6.42 Å². The van der Waals surface area contributed by atoms with Gasteiger partial charge in [0.25, 0.3) is 0 Å². The minimum absolute atomic E-state index is 0.228. The lowest BCUT2D eigenvalue weighted by Gasteiger charge is -2.21. The van der Waals surface area contributed by atoms with Crippen LogP contribution in [0.15, 0.2) is 55.1 Å². The first-order valence-electron chi connectivity index (χ1n) is 14.4. The Kier molecular flexibility index (Phi) is 18.2. The molecule has 212 valence electrons. The fourth-order valence-electron chi connectivity index (χ4n) is 4.23. The van der Waals surface area contributed by atoms with Gasteiger partial charge in [-0.25, -0.2) is 4.39 Å². The second-order valence-electron chi connectivity index (χ2n) is 10.3. The molecule has 0 saturated heterocycles. The lowest BCUT2D eigenvalue weighted by Crippen LogP contribution is -2.10. The highest BCUT2D eigenvalue weighted by Gasteiger charge is 2.20. The van der Waals surface area contributed by atoms with Crippen molar-refractivity contribution in [1.82, 2.24) is 4.98 Å². The predicted octanol–water partition coefficient (Wildman–Crippen LogP) is 10.6. The Morgan fingerprint density at radius 2 is 1.68 bits per heavy atom. The average molecular weight is 524 g/mol. The number of aryl methyl sites for hydroxylation is 1. The SMILES string of the molecule is C=C(C)CCCCc1c(C)nc(C(C)C)c(/C=C/[C@@H](O)C[C@@H](C)CC)c1-c1ccc(F)cc1.C=CC.CC. The smallest absolute Gasteiger partial charge is 0.123 e. The summed E-state index contributed by atoms with van der Waals surface area (Å²) in [6, 6.07) is 6.77. The fourth-order valence-corrected chi connectivity index (χ4v) is 4.23. The summed E-state index contributed by atoms with van der Waals surface area (Å²) < 4.78 is 13.8. The summed E-state index contributed by atoms with van der Waals surface area (Å²) in [5, 5.41) is 10.6. The number of halogens is 1. The van der Waals surface area contributed by atoms with Crippen LogP contribution in [-0.4, -0.2) is 16.2 Å². The van der Waals surface area contributed by atoms with E-state index >= 15 is 0 Å². The largest absolute Gasteiger partial charge is 0.389 e. The molecule has 0 saturated carbocycles. The molecule has 2 rings (SSSR count). The molecule has 0 aliphatic heterocycles. The second kappa shape index (κ2) is 19.5. The van der Waals surface area contributed by atoms with Crippen LogP contribution >= 0.6 is 0 Å². The molecule has 2 atom stereocenters. The Balaban J connectivity index is 0.00000255. The first kappa shape index (κ1) is 35.5. The van der Waals surface area contributed by atoms with Crippen LogP contribution in [0.2, 0.25) is 0 Å². The van der Waals surface area contributed by atoms with Crippen molar-refractivity contribution in [3.8, 4) is 11.1 Å². The first-order valence-corrected chi connectivity index (χ1v) is 14.4. The zero-order chi connectivity index (χ0) is 29.3. The molecular formula is C35H54FNO. The number of unbranched alkanes of at least 4 members (excludes halogenated alkanes) is 1. The maximum Gasteiger partial charge on any atom is 0.123 e. The molecule has 0 fully saturated rings. The van der Waals surface area contributed by atoms with Crippen molar-refractivity contribution in [3.63, 3.8) is 0 Å². The number of aromatic nitrogens is 1. The van der Waals surface area contributed by atoms with Crippen LogP contribution in [0.4, 0.5) is 4.39 Å². The standard InChI is InChI=1S/C30H42FNO.C3H6.C2H6/c1-8-22(6)19-26(33)17-18-28-29(24-13-15-25(31)16-14-24)27(12-10-9-11-20(2)3)23(7)32-30(28)21(4)5;1-3-2;1-2/h13-18,21-22,26,33H,2,8-12,19H2,1,3-7H3;3H,1H2,2H3;1-2H3/b18-17+;;/t22-,26+;;/m0../s1. The molecular weight excluding hydrogens is 469 g/mol. The van der Waals surface area contributed by atoms with Crippen molar-refractivity contribution < 1.29 is 9.50 Å². The topological polar surface area (TPSA) is 33.1 Å². The van der Waals surface area contributed by atoms with E-state index in [1.54, 1.807) is 6.08 Å². The van der Waals surface area contributed by atoms with Crippen LogP contribution in [0.3, 0.4) is 0 Å². The number of nitrogens with zero attached hydrogens (tertiary/aromatic N) is 1. The zero-order valence-electron chi connectivity index (χ0n) is 25.7. The number of pyridine rings is 1. The van der Waals surface area contributed by atoms with Gasteiger partial charge in [-0.05, 0) is 93.5 Å². The molecule has 0 aliphatic carbocycles. The molecule has 0 radical (unpaired) electrons. The van der Waals surface area contributed by atoms with Crippen molar-refractivity contribution in [2.24, 2.45) is 5.92 Å². The van der Waals surface area contributed by atoms with Gasteiger partial charge in [0.1, 0.15) is 5.82 Å². The maximum absolute atomic E-state index is 13.8. The summed E-state index contributed by atoms with van der Waals surface area (Å²) in [6.07, 6.45) is 11.1. The molecule has 1 aromatic carbocycles. The van der Waals surface area contributed by atoms with Gasteiger partial charge in [0, 0.05) is 11.3 Å². The number of rotatable bonds is 12. The fraction of sp³-hybridized carbons (Fsp3) is 0.514. The van der Waals surface area contributed by atoms with E-state index in [0.29, 0.717) is 5.92 Å². The predicted molar refractivity (Wildman–Crippen MR) is 167 cm³/mol. The monoisotopic (exact) mass is 523 g/mol. The average Bonchev–Trinajstić information content (AvgIpc) is 2.88. The Hall–Kier alpha value is -2.52. The summed E-state index contributed by atoms with van der Waals surface area (Å²) >= 11 is 0. The molecule has 0 aliphatic rings. The summed E-state index contributed by atoms with van der Waals surface area (Å²) in [5.74, 6) is 0.454. The van der Waals surface area contributed by atoms with E-state index in [1.807, 2.05) is 45.1 Å². The summed E-state index contributed by atoms with van der Waals surface area (Å²) in [4.78, 5) is 5.02. The van der Waals surface area contributed by atoms with E-state index in [1.165, 1.54) is 23.3 Å². The molecule has 0 amide bonds. The second-order valence-corrected chi connectivity index (χ2v) is 10.3.